The molecule has 122 valence electrons. The molecular weight excluding hydrogens is 276 g/mol. The number of hydrogen-bond donors (Lipinski definition) is 2. The minimum absolute atomic E-state index is 0.107. The van der Waals surface area contributed by atoms with Gasteiger partial charge in [-0.15, -0.1) is 0 Å². The van der Waals surface area contributed by atoms with E-state index in [0.717, 1.165) is 65.0 Å². The fourth-order valence-corrected chi connectivity index (χ4v) is 3.57. The fraction of sp³-hybridized carbons (Fsp3) is 0.667. The van der Waals surface area contributed by atoms with E-state index in [-0.39, 0.29) is 12.2 Å². The lowest BCUT2D eigenvalue weighted by atomic mass is 9.90. The van der Waals surface area contributed by atoms with Crippen LogP contribution in [0.5, 0.6) is 0 Å². The van der Waals surface area contributed by atoms with Crippen LogP contribution in [0.2, 0.25) is 0 Å². The van der Waals surface area contributed by atoms with Crippen molar-refractivity contribution in [3.8, 4) is 0 Å². The van der Waals surface area contributed by atoms with Crippen molar-refractivity contribution in [3.05, 3.63) is 35.4 Å². The molecule has 2 aliphatic rings. The second-order valence-electron chi connectivity index (χ2n) is 6.59. The first-order valence-corrected chi connectivity index (χ1v) is 8.55. The molecule has 0 amide bonds. The maximum absolute atomic E-state index is 9.04. The van der Waals surface area contributed by atoms with Crippen LogP contribution in [0.25, 0.3) is 0 Å². The largest absolute Gasteiger partial charge is 0.396 e. The predicted molar refractivity (Wildman–Crippen MR) is 88.2 cm³/mol. The molecule has 0 unspecified atom stereocenters. The highest BCUT2D eigenvalue weighted by Gasteiger charge is 2.36. The molecule has 2 N–H and O–H groups in total. The van der Waals surface area contributed by atoms with Crippen molar-refractivity contribution in [2.45, 2.75) is 31.3 Å². The number of piperidine rings is 1. The van der Waals surface area contributed by atoms with Crippen LogP contribution in [0, 0.1) is 0 Å². The van der Waals surface area contributed by atoms with Crippen molar-refractivity contribution in [3.63, 3.8) is 0 Å². The molecule has 0 atom stereocenters. The third-order valence-electron chi connectivity index (χ3n) is 5.01. The van der Waals surface area contributed by atoms with E-state index in [9.17, 15) is 0 Å². The van der Waals surface area contributed by atoms with Crippen LogP contribution >= 0.6 is 0 Å². The standard InChI is InChI=1S/C18H28N2O2/c21-12-5-17-3-1-2-16(14-17)4-9-20-10-6-18(7-11-20)15-19-8-13-22-18/h1-3,14,19,21H,4-13,15H2. The molecule has 2 fully saturated rings. The van der Waals surface area contributed by atoms with Gasteiger partial charge in [0.2, 0.25) is 0 Å². The van der Waals surface area contributed by atoms with Gasteiger partial charge in [0.1, 0.15) is 0 Å². The third-order valence-corrected chi connectivity index (χ3v) is 5.01. The number of benzene rings is 1. The van der Waals surface area contributed by atoms with Crippen molar-refractivity contribution < 1.29 is 9.84 Å². The van der Waals surface area contributed by atoms with E-state index in [1.807, 2.05) is 0 Å². The molecule has 3 rings (SSSR count). The molecule has 0 saturated carbocycles. The first-order valence-electron chi connectivity index (χ1n) is 8.55. The molecule has 4 heteroatoms. The van der Waals surface area contributed by atoms with E-state index in [1.165, 1.54) is 11.1 Å². The lowest BCUT2D eigenvalue weighted by molar-refractivity contribution is -0.0994. The van der Waals surface area contributed by atoms with E-state index in [1.54, 1.807) is 0 Å². The number of nitrogens with one attached hydrogen (secondary N) is 1. The van der Waals surface area contributed by atoms with E-state index < -0.39 is 0 Å². The highest BCUT2D eigenvalue weighted by atomic mass is 16.5. The summed E-state index contributed by atoms with van der Waals surface area (Å²) < 4.78 is 6.05. The van der Waals surface area contributed by atoms with Crippen molar-refractivity contribution in [2.75, 3.05) is 45.9 Å². The first kappa shape index (κ1) is 15.9. The van der Waals surface area contributed by atoms with Gasteiger partial charge in [0.15, 0.2) is 0 Å². The van der Waals surface area contributed by atoms with Gasteiger partial charge < -0.3 is 20.1 Å². The zero-order chi connectivity index (χ0) is 15.3. The van der Waals surface area contributed by atoms with Crippen LogP contribution < -0.4 is 5.32 Å². The Balaban J connectivity index is 1.46. The average molecular weight is 304 g/mol. The van der Waals surface area contributed by atoms with Crippen molar-refractivity contribution in [1.29, 1.82) is 0 Å². The summed E-state index contributed by atoms with van der Waals surface area (Å²) in [5.41, 5.74) is 2.72. The number of ether oxygens (including phenoxy) is 1. The molecular formula is C18H28N2O2. The average Bonchev–Trinajstić information content (AvgIpc) is 2.56. The van der Waals surface area contributed by atoms with E-state index in [0.29, 0.717) is 0 Å². The Hall–Kier alpha value is -0.940. The maximum atomic E-state index is 9.04. The summed E-state index contributed by atoms with van der Waals surface area (Å²) in [6.45, 7) is 6.49. The smallest absolute Gasteiger partial charge is 0.0831 e. The molecule has 0 bridgehead atoms. The monoisotopic (exact) mass is 304 g/mol. The Morgan fingerprint density at radius 1 is 1.18 bits per heavy atom. The number of aliphatic hydroxyl groups excluding tert-OH is 1. The normalized spacial score (nSPS) is 22.0. The Morgan fingerprint density at radius 3 is 2.64 bits per heavy atom. The molecule has 4 nitrogen and oxygen atoms in total. The Kier molecular flexibility index (Phi) is 5.47. The minimum Gasteiger partial charge on any atom is -0.396 e. The quantitative estimate of drug-likeness (QED) is 0.858. The summed E-state index contributed by atoms with van der Waals surface area (Å²) in [4.78, 5) is 2.56. The Morgan fingerprint density at radius 2 is 1.95 bits per heavy atom. The van der Waals surface area contributed by atoms with Gasteiger partial charge in [-0.25, -0.2) is 0 Å². The molecule has 1 spiro atoms. The molecule has 2 heterocycles. The molecule has 1 aromatic rings. The third kappa shape index (κ3) is 4.07. The van der Waals surface area contributed by atoms with Crippen LogP contribution in [-0.2, 0) is 17.6 Å². The second kappa shape index (κ2) is 7.55. The number of nitrogens with zero attached hydrogens (tertiary/aromatic N) is 1. The number of morpholine rings is 1. The topological polar surface area (TPSA) is 44.7 Å². The molecule has 0 aromatic heterocycles. The Labute approximate surface area is 133 Å². The molecule has 22 heavy (non-hydrogen) atoms. The van der Waals surface area contributed by atoms with Crippen LogP contribution in [-0.4, -0.2) is 61.5 Å². The van der Waals surface area contributed by atoms with Gasteiger partial charge >= 0.3 is 0 Å². The molecule has 0 radical (unpaired) electrons. The second-order valence-corrected chi connectivity index (χ2v) is 6.59. The van der Waals surface area contributed by atoms with Crippen molar-refractivity contribution in [2.24, 2.45) is 0 Å². The van der Waals surface area contributed by atoms with Crippen LogP contribution in [0.4, 0.5) is 0 Å². The van der Waals surface area contributed by atoms with Crippen LogP contribution in [0.3, 0.4) is 0 Å². The summed E-state index contributed by atoms with van der Waals surface area (Å²) in [6.07, 6.45) is 4.13. The summed E-state index contributed by atoms with van der Waals surface area (Å²) in [6, 6.07) is 8.63. The maximum Gasteiger partial charge on any atom is 0.0831 e. The van der Waals surface area contributed by atoms with Gasteiger partial charge in [-0.2, -0.15) is 0 Å². The van der Waals surface area contributed by atoms with E-state index >= 15 is 0 Å². The number of likely N-dealkylation sites (tertiary alicyclic amines) is 1. The molecule has 1 aromatic carbocycles. The van der Waals surface area contributed by atoms with Crippen LogP contribution in [0.1, 0.15) is 24.0 Å². The number of rotatable bonds is 5. The first-order chi connectivity index (χ1) is 10.8. The summed E-state index contributed by atoms with van der Waals surface area (Å²) in [5, 5.41) is 12.5. The summed E-state index contributed by atoms with van der Waals surface area (Å²) in [5.74, 6) is 0. The zero-order valence-electron chi connectivity index (χ0n) is 13.4. The van der Waals surface area contributed by atoms with Crippen molar-refractivity contribution >= 4 is 0 Å². The predicted octanol–water partition coefficient (Wildman–Crippen LogP) is 1.22. The number of hydrogen-bond acceptors (Lipinski definition) is 4. The zero-order valence-corrected chi connectivity index (χ0v) is 13.4. The molecule has 2 aliphatic heterocycles. The van der Waals surface area contributed by atoms with Gasteiger partial charge in [0, 0.05) is 39.3 Å². The summed E-state index contributed by atoms with van der Waals surface area (Å²) >= 11 is 0. The van der Waals surface area contributed by atoms with Crippen LogP contribution in [0.15, 0.2) is 24.3 Å². The molecule has 2 saturated heterocycles. The Bertz CT molecular complexity index is 462. The van der Waals surface area contributed by atoms with Gasteiger partial charge in [0.25, 0.3) is 0 Å². The SMILES string of the molecule is OCCc1cccc(CCN2CCC3(CC2)CNCCO3)c1. The van der Waals surface area contributed by atoms with E-state index in [4.69, 9.17) is 9.84 Å². The number of aliphatic hydroxyl groups is 1. The molecule has 0 aliphatic carbocycles. The lowest BCUT2D eigenvalue weighted by Gasteiger charge is -2.44. The van der Waals surface area contributed by atoms with Gasteiger partial charge in [-0.05, 0) is 36.8 Å². The van der Waals surface area contributed by atoms with E-state index in [2.05, 4.69) is 34.5 Å². The highest BCUT2D eigenvalue weighted by Crippen LogP contribution is 2.27. The fourth-order valence-electron chi connectivity index (χ4n) is 3.57. The van der Waals surface area contributed by atoms with Gasteiger partial charge in [-0.1, -0.05) is 24.3 Å². The minimum atomic E-state index is 0.107. The lowest BCUT2D eigenvalue weighted by Crippen LogP contribution is -2.55. The summed E-state index contributed by atoms with van der Waals surface area (Å²) in [7, 11) is 0. The van der Waals surface area contributed by atoms with Gasteiger partial charge in [0.05, 0.1) is 12.2 Å². The highest BCUT2D eigenvalue weighted by molar-refractivity contribution is 5.24. The van der Waals surface area contributed by atoms with Gasteiger partial charge in [-0.3, -0.25) is 0 Å². The van der Waals surface area contributed by atoms with Crippen molar-refractivity contribution in [1.82, 2.24) is 10.2 Å².